The first-order valence-electron chi connectivity index (χ1n) is 5.55. The van der Waals surface area contributed by atoms with Gasteiger partial charge in [-0.1, -0.05) is 12.1 Å². The molecule has 2 N–H and O–H groups in total. The van der Waals surface area contributed by atoms with Crippen molar-refractivity contribution in [2.45, 2.75) is 33.2 Å². The topological polar surface area (TPSA) is 69.6 Å². The van der Waals surface area contributed by atoms with Crippen LogP contribution in [0.25, 0.3) is 11.4 Å². The highest BCUT2D eigenvalue weighted by Gasteiger charge is 2.22. The second kappa shape index (κ2) is 3.84. The van der Waals surface area contributed by atoms with Gasteiger partial charge in [0, 0.05) is 11.3 Å². The summed E-state index contributed by atoms with van der Waals surface area (Å²) in [5, 5.41) is 11.9. The predicted octanol–water partition coefficient (Wildman–Crippen LogP) is 1.99. The fraction of sp³-hybridized carbons (Fsp3) is 0.417. The molecule has 2 rings (SSSR count). The normalized spacial score (nSPS) is 11.8. The van der Waals surface area contributed by atoms with Crippen LogP contribution in [0.4, 0.5) is 5.69 Å². The van der Waals surface area contributed by atoms with Crippen LogP contribution < -0.4 is 5.73 Å². The molecule has 1 heterocycles. The highest BCUT2D eigenvalue weighted by atomic mass is 15.6. The van der Waals surface area contributed by atoms with E-state index in [0.717, 1.165) is 16.8 Å². The molecule has 0 spiro atoms. The molecule has 0 aliphatic heterocycles. The summed E-state index contributed by atoms with van der Waals surface area (Å²) in [5.74, 6) is 0.707. The Bertz CT molecular complexity index is 536. The molecule has 0 unspecified atom stereocenters. The molecule has 1 aromatic carbocycles. The van der Waals surface area contributed by atoms with Crippen LogP contribution in [0.2, 0.25) is 0 Å². The van der Waals surface area contributed by atoms with E-state index in [2.05, 4.69) is 36.3 Å². The van der Waals surface area contributed by atoms with Crippen molar-refractivity contribution in [1.82, 2.24) is 20.2 Å². The molecule has 90 valence electrons. The van der Waals surface area contributed by atoms with E-state index in [9.17, 15) is 0 Å². The Morgan fingerprint density at radius 3 is 2.59 bits per heavy atom. The van der Waals surface area contributed by atoms with Crippen molar-refractivity contribution in [3.8, 4) is 11.4 Å². The first-order chi connectivity index (χ1) is 7.91. The minimum atomic E-state index is -0.172. The van der Waals surface area contributed by atoms with Crippen LogP contribution >= 0.6 is 0 Å². The molecule has 1 aromatic heterocycles. The first kappa shape index (κ1) is 11.6. The first-order valence-corrected chi connectivity index (χ1v) is 5.55. The van der Waals surface area contributed by atoms with Crippen molar-refractivity contribution in [3.05, 3.63) is 23.8 Å². The lowest BCUT2D eigenvalue weighted by Gasteiger charge is -2.20. The number of rotatable bonds is 1. The van der Waals surface area contributed by atoms with Crippen LogP contribution in [-0.2, 0) is 5.54 Å². The Morgan fingerprint density at radius 1 is 1.24 bits per heavy atom. The summed E-state index contributed by atoms with van der Waals surface area (Å²) in [6.07, 6.45) is 0. The van der Waals surface area contributed by atoms with Crippen LogP contribution in [0.15, 0.2) is 18.2 Å². The van der Waals surface area contributed by atoms with E-state index in [0.29, 0.717) is 5.82 Å². The Balaban J connectivity index is 2.62. The number of anilines is 1. The van der Waals surface area contributed by atoms with Gasteiger partial charge in [0.05, 0.1) is 5.54 Å². The summed E-state index contributed by atoms with van der Waals surface area (Å²) < 4.78 is 1.79. The highest BCUT2D eigenvalue weighted by Crippen LogP contribution is 2.28. The predicted molar refractivity (Wildman–Crippen MR) is 67.4 cm³/mol. The van der Waals surface area contributed by atoms with Gasteiger partial charge in [0.1, 0.15) is 0 Å². The SMILES string of the molecule is Cc1cccc(-c2nnnn2C(C)(C)C)c1N. The zero-order valence-corrected chi connectivity index (χ0v) is 10.6. The number of benzene rings is 1. The maximum absolute atomic E-state index is 6.08. The van der Waals surface area contributed by atoms with E-state index in [1.54, 1.807) is 4.68 Å². The second-order valence-corrected chi connectivity index (χ2v) is 5.12. The van der Waals surface area contributed by atoms with Gasteiger partial charge in [-0.3, -0.25) is 0 Å². The van der Waals surface area contributed by atoms with E-state index in [-0.39, 0.29) is 5.54 Å². The summed E-state index contributed by atoms with van der Waals surface area (Å²) in [6.45, 7) is 8.14. The molecule has 0 saturated heterocycles. The summed E-state index contributed by atoms with van der Waals surface area (Å²) in [7, 11) is 0. The van der Waals surface area contributed by atoms with Gasteiger partial charge in [0.15, 0.2) is 5.82 Å². The maximum Gasteiger partial charge on any atom is 0.184 e. The van der Waals surface area contributed by atoms with Gasteiger partial charge < -0.3 is 5.73 Å². The van der Waals surface area contributed by atoms with Crippen molar-refractivity contribution in [1.29, 1.82) is 0 Å². The fourth-order valence-corrected chi connectivity index (χ4v) is 1.68. The van der Waals surface area contributed by atoms with Gasteiger partial charge >= 0.3 is 0 Å². The van der Waals surface area contributed by atoms with Crippen molar-refractivity contribution >= 4 is 5.69 Å². The minimum absolute atomic E-state index is 0.172. The van der Waals surface area contributed by atoms with Crippen LogP contribution in [0.5, 0.6) is 0 Å². The van der Waals surface area contributed by atoms with Crippen molar-refractivity contribution in [2.24, 2.45) is 0 Å². The van der Waals surface area contributed by atoms with Gasteiger partial charge in [-0.2, -0.15) is 0 Å². The molecule has 0 fully saturated rings. The lowest BCUT2D eigenvalue weighted by molar-refractivity contribution is 0.351. The van der Waals surface area contributed by atoms with Gasteiger partial charge in [-0.15, -0.1) is 5.10 Å². The zero-order chi connectivity index (χ0) is 12.6. The number of hydrogen-bond acceptors (Lipinski definition) is 4. The van der Waals surface area contributed by atoms with Gasteiger partial charge in [0.25, 0.3) is 0 Å². The van der Waals surface area contributed by atoms with E-state index in [1.165, 1.54) is 0 Å². The number of nitrogen functional groups attached to an aromatic ring is 1. The summed E-state index contributed by atoms with van der Waals surface area (Å²) in [5.41, 5.74) is 8.55. The average molecular weight is 231 g/mol. The van der Waals surface area contributed by atoms with Crippen LogP contribution in [0, 0.1) is 6.92 Å². The number of tetrazole rings is 1. The molecule has 0 bridgehead atoms. The monoisotopic (exact) mass is 231 g/mol. The highest BCUT2D eigenvalue weighted by molar-refractivity contribution is 5.74. The Morgan fingerprint density at radius 2 is 1.94 bits per heavy atom. The number of aryl methyl sites for hydroxylation is 1. The molecule has 0 saturated carbocycles. The number of aromatic nitrogens is 4. The van der Waals surface area contributed by atoms with Crippen molar-refractivity contribution in [2.75, 3.05) is 5.73 Å². The minimum Gasteiger partial charge on any atom is -0.398 e. The average Bonchev–Trinajstić information content (AvgIpc) is 2.70. The summed E-state index contributed by atoms with van der Waals surface area (Å²) in [4.78, 5) is 0. The van der Waals surface area contributed by atoms with Crippen LogP contribution in [0.3, 0.4) is 0 Å². The van der Waals surface area contributed by atoms with Gasteiger partial charge in [-0.25, -0.2) is 4.68 Å². The van der Waals surface area contributed by atoms with E-state index >= 15 is 0 Å². The molecule has 0 aliphatic rings. The Labute approximate surface area is 101 Å². The van der Waals surface area contributed by atoms with Crippen LogP contribution in [0.1, 0.15) is 26.3 Å². The molecule has 0 radical (unpaired) electrons. The van der Waals surface area contributed by atoms with Crippen LogP contribution in [-0.4, -0.2) is 20.2 Å². The molecule has 17 heavy (non-hydrogen) atoms. The number of hydrogen-bond donors (Lipinski definition) is 1. The Hall–Kier alpha value is -1.91. The van der Waals surface area contributed by atoms with E-state index in [4.69, 9.17) is 5.73 Å². The smallest absolute Gasteiger partial charge is 0.184 e. The second-order valence-electron chi connectivity index (χ2n) is 5.12. The fourth-order valence-electron chi connectivity index (χ4n) is 1.68. The van der Waals surface area contributed by atoms with Gasteiger partial charge in [-0.05, 0) is 49.8 Å². The molecule has 2 aromatic rings. The van der Waals surface area contributed by atoms with E-state index < -0.39 is 0 Å². The molecule has 5 nitrogen and oxygen atoms in total. The number of nitrogens with two attached hydrogens (primary N) is 1. The number of nitrogens with zero attached hydrogens (tertiary/aromatic N) is 4. The largest absolute Gasteiger partial charge is 0.398 e. The lowest BCUT2D eigenvalue weighted by atomic mass is 10.1. The quantitative estimate of drug-likeness (QED) is 0.762. The number of para-hydroxylation sites is 1. The third-order valence-electron chi connectivity index (χ3n) is 2.67. The summed E-state index contributed by atoms with van der Waals surface area (Å²) in [6, 6.07) is 5.88. The summed E-state index contributed by atoms with van der Waals surface area (Å²) >= 11 is 0. The third-order valence-corrected chi connectivity index (χ3v) is 2.67. The van der Waals surface area contributed by atoms with Crippen molar-refractivity contribution in [3.63, 3.8) is 0 Å². The van der Waals surface area contributed by atoms with E-state index in [1.807, 2.05) is 25.1 Å². The maximum atomic E-state index is 6.08. The lowest BCUT2D eigenvalue weighted by Crippen LogP contribution is -2.24. The molecule has 5 heteroatoms. The standard InChI is InChI=1S/C12H17N5/c1-8-6-5-7-9(10(8)13)11-14-15-16-17(11)12(2,3)4/h5-7H,13H2,1-4H3. The van der Waals surface area contributed by atoms with Crippen molar-refractivity contribution < 1.29 is 0 Å². The molecular weight excluding hydrogens is 214 g/mol. The van der Waals surface area contributed by atoms with Gasteiger partial charge in [0.2, 0.25) is 0 Å². The molecule has 0 atom stereocenters. The Kier molecular flexibility index (Phi) is 2.61. The molecule has 0 aliphatic carbocycles. The third kappa shape index (κ3) is 2.00. The zero-order valence-electron chi connectivity index (χ0n) is 10.6. The molecular formula is C12H17N5. The molecule has 0 amide bonds.